The Morgan fingerprint density at radius 1 is 0.818 bits per heavy atom. The summed E-state index contributed by atoms with van der Waals surface area (Å²) in [7, 11) is 0. The molecule has 0 fully saturated rings. The number of fused-ring (bicyclic) bond motifs is 1. The molecule has 0 aliphatic rings. The molecule has 3 rings (SSSR count). The van der Waals surface area contributed by atoms with Gasteiger partial charge in [0, 0.05) is 16.0 Å². The number of phenolic OH excluding ortho intramolecular Hbond substituents is 1. The third kappa shape index (κ3) is 2.35. The molecule has 3 aromatic rings. The summed E-state index contributed by atoms with van der Waals surface area (Å²) in [4.78, 5) is 0. The molecule has 0 heterocycles. The summed E-state index contributed by atoms with van der Waals surface area (Å²) in [5.41, 5.74) is 4.75. The first-order chi connectivity index (χ1) is 10.4. The van der Waals surface area contributed by atoms with Gasteiger partial charge in [-0.1, -0.05) is 47.0 Å². The Bertz CT molecular complexity index is 898. The SMILES string of the molecule is Cc1ccc2c(-c3ccc(Cl)c(C)c3Cl)cc(C)c(O)c2c1. The van der Waals surface area contributed by atoms with Crippen molar-refractivity contribution < 1.29 is 5.11 Å². The second-order valence-corrected chi connectivity index (χ2v) is 6.46. The van der Waals surface area contributed by atoms with E-state index in [4.69, 9.17) is 23.2 Å². The lowest BCUT2D eigenvalue weighted by Gasteiger charge is -2.14. The fourth-order valence-electron chi connectivity index (χ4n) is 2.76. The summed E-state index contributed by atoms with van der Waals surface area (Å²) in [6.07, 6.45) is 0. The third-order valence-corrected chi connectivity index (χ3v) is 4.96. The van der Waals surface area contributed by atoms with Crippen molar-refractivity contribution in [3.8, 4) is 16.9 Å². The molecule has 0 aromatic heterocycles. The molecule has 0 atom stereocenters. The first-order valence-corrected chi connectivity index (χ1v) is 7.83. The van der Waals surface area contributed by atoms with Crippen molar-refractivity contribution in [3.05, 3.63) is 63.1 Å². The predicted molar refractivity (Wildman–Crippen MR) is 95.3 cm³/mol. The number of rotatable bonds is 1. The molecule has 0 saturated heterocycles. The molecule has 112 valence electrons. The van der Waals surface area contributed by atoms with E-state index >= 15 is 0 Å². The van der Waals surface area contributed by atoms with Crippen LogP contribution in [0.4, 0.5) is 0 Å². The van der Waals surface area contributed by atoms with Gasteiger partial charge in [0.05, 0.1) is 5.02 Å². The molecular weight excluding hydrogens is 315 g/mol. The second-order valence-electron chi connectivity index (χ2n) is 5.67. The molecule has 22 heavy (non-hydrogen) atoms. The largest absolute Gasteiger partial charge is 0.507 e. The van der Waals surface area contributed by atoms with Crippen LogP contribution in [0.2, 0.25) is 10.0 Å². The van der Waals surface area contributed by atoms with Gasteiger partial charge in [-0.25, -0.2) is 0 Å². The molecule has 3 aromatic carbocycles. The molecule has 3 heteroatoms. The van der Waals surface area contributed by atoms with Crippen LogP contribution in [0.25, 0.3) is 21.9 Å². The van der Waals surface area contributed by atoms with Gasteiger partial charge in [0.2, 0.25) is 0 Å². The molecule has 0 amide bonds. The molecule has 0 bridgehead atoms. The van der Waals surface area contributed by atoms with Crippen LogP contribution >= 0.6 is 23.2 Å². The van der Waals surface area contributed by atoms with Crippen molar-refractivity contribution in [1.82, 2.24) is 0 Å². The number of aromatic hydroxyl groups is 1. The first kappa shape index (κ1) is 15.2. The van der Waals surface area contributed by atoms with Gasteiger partial charge in [0.1, 0.15) is 5.75 Å². The number of halogens is 2. The Labute approximate surface area is 140 Å². The maximum atomic E-state index is 10.4. The summed E-state index contributed by atoms with van der Waals surface area (Å²) in [6.45, 7) is 5.82. The fraction of sp³-hybridized carbons (Fsp3) is 0.158. The number of phenols is 1. The minimum atomic E-state index is 0.323. The number of benzene rings is 3. The van der Waals surface area contributed by atoms with Crippen LogP contribution in [-0.2, 0) is 0 Å². The molecule has 0 radical (unpaired) electrons. The van der Waals surface area contributed by atoms with Gasteiger partial charge in [0.25, 0.3) is 0 Å². The van der Waals surface area contributed by atoms with Gasteiger partial charge in [-0.15, -0.1) is 0 Å². The van der Waals surface area contributed by atoms with E-state index in [1.807, 2.05) is 57.2 Å². The maximum Gasteiger partial charge on any atom is 0.126 e. The monoisotopic (exact) mass is 330 g/mol. The van der Waals surface area contributed by atoms with Gasteiger partial charge in [-0.2, -0.15) is 0 Å². The highest BCUT2D eigenvalue weighted by Crippen LogP contribution is 2.41. The van der Waals surface area contributed by atoms with Gasteiger partial charge in [0.15, 0.2) is 0 Å². The first-order valence-electron chi connectivity index (χ1n) is 7.08. The average molecular weight is 331 g/mol. The van der Waals surface area contributed by atoms with E-state index in [-0.39, 0.29) is 0 Å². The van der Waals surface area contributed by atoms with Crippen LogP contribution in [0.1, 0.15) is 16.7 Å². The van der Waals surface area contributed by atoms with Gasteiger partial charge >= 0.3 is 0 Å². The Morgan fingerprint density at radius 2 is 1.55 bits per heavy atom. The van der Waals surface area contributed by atoms with Crippen molar-refractivity contribution in [2.75, 3.05) is 0 Å². The average Bonchev–Trinajstić information content (AvgIpc) is 2.49. The summed E-state index contributed by atoms with van der Waals surface area (Å²) in [6, 6.07) is 11.8. The molecule has 1 nitrogen and oxygen atoms in total. The van der Waals surface area contributed by atoms with Crippen molar-refractivity contribution in [2.45, 2.75) is 20.8 Å². The molecular formula is C19H16Cl2O. The van der Waals surface area contributed by atoms with Crippen molar-refractivity contribution in [3.63, 3.8) is 0 Å². The van der Waals surface area contributed by atoms with Crippen LogP contribution in [0.5, 0.6) is 5.75 Å². The highest BCUT2D eigenvalue weighted by molar-refractivity contribution is 6.38. The van der Waals surface area contributed by atoms with E-state index in [1.165, 1.54) is 0 Å². The summed E-state index contributed by atoms with van der Waals surface area (Å²) >= 11 is 12.7. The minimum absolute atomic E-state index is 0.323. The van der Waals surface area contributed by atoms with E-state index in [9.17, 15) is 5.11 Å². The molecule has 0 aliphatic heterocycles. The highest BCUT2D eigenvalue weighted by Gasteiger charge is 2.15. The van der Waals surface area contributed by atoms with E-state index < -0.39 is 0 Å². The minimum Gasteiger partial charge on any atom is -0.507 e. The van der Waals surface area contributed by atoms with E-state index in [0.717, 1.165) is 38.6 Å². The molecule has 0 saturated carbocycles. The zero-order valence-corrected chi connectivity index (χ0v) is 14.2. The lowest BCUT2D eigenvalue weighted by molar-refractivity contribution is 0.477. The maximum absolute atomic E-state index is 10.4. The standard InChI is InChI=1S/C19H16Cl2O/c1-10-4-5-13-15(9-11(2)19(22)16(13)8-10)14-6-7-17(20)12(3)18(14)21/h4-9,22H,1-3H3. The number of hydrogen-bond donors (Lipinski definition) is 1. The number of aryl methyl sites for hydroxylation is 2. The fourth-order valence-corrected chi connectivity index (χ4v) is 3.23. The Morgan fingerprint density at radius 3 is 2.27 bits per heavy atom. The zero-order chi connectivity index (χ0) is 16.0. The summed E-state index contributed by atoms with van der Waals surface area (Å²) < 4.78 is 0. The summed E-state index contributed by atoms with van der Waals surface area (Å²) in [5.74, 6) is 0.323. The van der Waals surface area contributed by atoms with Gasteiger partial charge < -0.3 is 5.11 Å². The van der Waals surface area contributed by atoms with Crippen molar-refractivity contribution in [1.29, 1.82) is 0 Å². The third-order valence-electron chi connectivity index (χ3n) is 4.07. The van der Waals surface area contributed by atoms with Crippen LogP contribution in [-0.4, -0.2) is 5.11 Å². The van der Waals surface area contributed by atoms with E-state index in [1.54, 1.807) is 0 Å². The van der Waals surface area contributed by atoms with Crippen LogP contribution in [0.3, 0.4) is 0 Å². The van der Waals surface area contributed by atoms with Gasteiger partial charge in [-0.05, 0) is 61.0 Å². The lowest BCUT2D eigenvalue weighted by Crippen LogP contribution is -1.89. The Hall–Kier alpha value is -1.70. The van der Waals surface area contributed by atoms with Crippen molar-refractivity contribution >= 4 is 34.0 Å². The Balaban J connectivity index is 2.42. The Kier molecular flexibility index (Phi) is 3.80. The van der Waals surface area contributed by atoms with Gasteiger partial charge in [-0.3, -0.25) is 0 Å². The quantitative estimate of drug-likeness (QED) is 0.544. The highest BCUT2D eigenvalue weighted by atomic mass is 35.5. The lowest BCUT2D eigenvalue weighted by atomic mass is 9.93. The molecule has 0 spiro atoms. The molecule has 0 unspecified atom stereocenters. The molecule has 0 aliphatic carbocycles. The summed E-state index contributed by atoms with van der Waals surface area (Å²) in [5, 5.41) is 13.5. The zero-order valence-electron chi connectivity index (χ0n) is 12.7. The van der Waals surface area contributed by atoms with Crippen LogP contribution in [0.15, 0.2) is 36.4 Å². The molecule has 1 N–H and O–H groups in total. The van der Waals surface area contributed by atoms with Crippen molar-refractivity contribution in [2.24, 2.45) is 0 Å². The topological polar surface area (TPSA) is 20.2 Å². The van der Waals surface area contributed by atoms with Crippen LogP contribution < -0.4 is 0 Å². The van der Waals surface area contributed by atoms with E-state index in [2.05, 4.69) is 0 Å². The van der Waals surface area contributed by atoms with Crippen LogP contribution in [0, 0.1) is 20.8 Å². The predicted octanol–water partition coefficient (Wildman–Crippen LogP) is 6.44. The van der Waals surface area contributed by atoms with E-state index in [0.29, 0.717) is 15.8 Å². The normalized spacial score (nSPS) is 11.1. The second kappa shape index (κ2) is 5.49. The smallest absolute Gasteiger partial charge is 0.126 e. The number of hydrogen-bond acceptors (Lipinski definition) is 1.